The van der Waals surface area contributed by atoms with Crippen LogP contribution >= 0.6 is 0 Å². The second kappa shape index (κ2) is 14.9. The lowest BCUT2D eigenvalue weighted by molar-refractivity contribution is -0.134. The first-order valence-electron chi connectivity index (χ1n) is 10.7. The quantitative estimate of drug-likeness (QED) is 0.137. The third kappa shape index (κ3) is 11.6. The van der Waals surface area contributed by atoms with E-state index in [-0.39, 0.29) is 11.6 Å². The average molecular weight is 495 g/mol. The Balaban J connectivity index is 0.00000133. The molecule has 11 heteroatoms. The summed E-state index contributed by atoms with van der Waals surface area (Å²) in [6.07, 6.45) is 0.653. The van der Waals surface area contributed by atoms with Crippen LogP contribution in [0.1, 0.15) is 25.3 Å². The predicted octanol–water partition coefficient (Wildman–Crippen LogP) is 1.69. The molecule has 0 amide bonds. The van der Waals surface area contributed by atoms with Crippen molar-refractivity contribution in [3.8, 4) is 5.75 Å². The van der Waals surface area contributed by atoms with Gasteiger partial charge in [0.1, 0.15) is 11.6 Å². The molecule has 0 bridgehead atoms. The fraction of sp³-hybridized carbons (Fsp3) is 0.391. The normalized spacial score (nSPS) is 11.6. The molecule has 1 atom stereocenters. The van der Waals surface area contributed by atoms with Crippen LogP contribution in [0, 0.1) is 5.41 Å². The number of amidine groups is 1. The number of rotatable bonds is 13. The van der Waals surface area contributed by atoms with Crippen LogP contribution in [0.2, 0.25) is 0 Å². The summed E-state index contributed by atoms with van der Waals surface area (Å²) in [5.41, 5.74) is 6.90. The fourth-order valence-corrected chi connectivity index (χ4v) is 4.16. The fourth-order valence-electron chi connectivity index (χ4n) is 2.79. The summed E-state index contributed by atoms with van der Waals surface area (Å²) >= 11 is 0. The number of nitrogens with two attached hydrogens (primary N) is 1. The zero-order valence-electron chi connectivity index (χ0n) is 19.5. The molecule has 0 heterocycles. The molecule has 0 aliphatic carbocycles. The highest BCUT2D eigenvalue weighted by Crippen LogP contribution is 2.17. The number of ether oxygens (including phenoxy) is 1. The molecule has 0 aromatic heterocycles. The number of hydrogen-bond donors (Lipinski definition) is 6. The lowest BCUT2D eigenvalue weighted by atomic mass is 10.2. The van der Waals surface area contributed by atoms with Crippen molar-refractivity contribution in [3.05, 3.63) is 54.1 Å². The molecule has 0 aliphatic heterocycles. The van der Waals surface area contributed by atoms with E-state index < -0.39 is 21.9 Å². The first kappa shape index (κ1) is 28.9. The summed E-state index contributed by atoms with van der Waals surface area (Å²) in [6, 6.07) is 13.5. The van der Waals surface area contributed by atoms with Crippen molar-refractivity contribution >= 4 is 27.3 Å². The summed E-state index contributed by atoms with van der Waals surface area (Å²) in [6.45, 7) is 2.49. The minimum absolute atomic E-state index is 0.0163. The van der Waals surface area contributed by atoms with Gasteiger partial charge in [-0.25, -0.2) is 8.42 Å². The first-order valence-corrected chi connectivity index (χ1v) is 12.3. The molecular formula is C23H34N4O6S. The largest absolute Gasteiger partial charge is 0.497 e. The predicted molar refractivity (Wildman–Crippen MR) is 132 cm³/mol. The Hall–Kier alpha value is -3.15. The lowest BCUT2D eigenvalue weighted by Crippen LogP contribution is -2.32. The molecule has 2 rings (SSSR count). The number of carbonyl (C=O) groups is 1. The first-order chi connectivity index (χ1) is 16.0. The van der Waals surface area contributed by atoms with Gasteiger partial charge < -0.3 is 31.3 Å². The Kier molecular flexibility index (Phi) is 12.6. The minimum atomic E-state index is -3.30. The Morgan fingerprint density at radius 1 is 1.09 bits per heavy atom. The van der Waals surface area contributed by atoms with Crippen LogP contribution in [0.4, 0.5) is 5.69 Å². The Morgan fingerprint density at radius 3 is 2.21 bits per heavy atom. The Bertz CT molecular complexity index is 991. The molecule has 0 fully saturated rings. The van der Waals surface area contributed by atoms with Crippen molar-refractivity contribution < 1.29 is 28.2 Å². The van der Waals surface area contributed by atoms with Gasteiger partial charge in [0.05, 0.1) is 23.9 Å². The highest BCUT2D eigenvalue weighted by molar-refractivity contribution is 7.91. The van der Waals surface area contributed by atoms with Crippen molar-refractivity contribution in [2.75, 3.05) is 37.8 Å². The number of aliphatic carboxylic acids is 1. The van der Waals surface area contributed by atoms with E-state index in [0.717, 1.165) is 12.6 Å². The summed E-state index contributed by atoms with van der Waals surface area (Å²) < 4.78 is 29.7. The second-order valence-electron chi connectivity index (χ2n) is 7.45. The van der Waals surface area contributed by atoms with E-state index >= 15 is 0 Å². The van der Waals surface area contributed by atoms with Crippen LogP contribution < -0.4 is 21.1 Å². The van der Waals surface area contributed by atoms with E-state index in [4.69, 9.17) is 25.8 Å². The van der Waals surface area contributed by atoms with Crippen LogP contribution in [0.3, 0.4) is 0 Å². The molecule has 2 aromatic rings. The summed E-state index contributed by atoms with van der Waals surface area (Å²) in [7, 11) is -1.76. The number of unbranched alkanes of at least 4 members (excludes halogenated alkanes) is 1. The molecule has 0 aliphatic rings. The molecule has 34 heavy (non-hydrogen) atoms. The van der Waals surface area contributed by atoms with Gasteiger partial charge in [-0.1, -0.05) is 0 Å². The number of benzene rings is 2. The summed E-state index contributed by atoms with van der Waals surface area (Å²) in [4.78, 5) is 9.30. The number of hydrogen-bond acceptors (Lipinski definition) is 8. The number of aliphatic hydroxyl groups is 1. The second-order valence-corrected chi connectivity index (χ2v) is 9.56. The van der Waals surface area contributed by atoms with E-state index in [9.17, 15) is 13.5 Å². The number of nitrogen functional groups attached to an aromatic ring is 1. The standard InChI is InChI=1S/C21H30N4O4S.C2H4O2/c1-29-19-8-10-20(11-9-19)30(27,28)13-3-2-12-24-14-18(26)15-25-17-6-4-16(5-7-17)21(22)23;1-2(3)4/h4-11,18,24-26H,2-3,12-15H2,1H3,(H3,22,23);1H3,(H,3,4). The SMILES string of the molecule is CC(=O)O.COc1ccc(S(=O)(=O)CCCCNCC(O)CNc2ccc(C(=N)N)cc2)cc1. The van der Waals surface area contributed by atoms with E-state index in [2.05, 4.69) is 10.6 Å². The smallest absolute Gasteiger partial charge is 0.300 e. The highest BCUT2D eigenvalue weighted by atomic mass is 32.2. The summed E-state index contributed by atoms with van der Waals surface area (Å²) in [5.74, 6) is -0.108. The van der Waals surface area contributed by atoms with Crippen LogP contribution in [-0.2, 0) is 14.6 Å². The van der Waals surface area contributed by atoms with E-state index in [1.54, 1.807) is 48.5 Å². The lowest BCUT2D eigenvalue weighted by Gasteiger charge is -2.14. The molecule has 1 unspecified atom stereocenters. The third-order valence-corrected chi connectivity index (χ3v) is 6.37. The zero-order valence-corrected chi connectivity index (χ0v) is 20.3. The van der Waals surface area contributed by atoms with Crippen molar-refractivity contribution in [1.29, 1.82) is 5.41 Å². The van der Waals surface area contributed by atoms with Gasteiger partial charge in [-0.05, 0) is 67.9 Å². The molecule has 0 spiro atoms. The number of aliphatic hydroxyl groups excluding tert-OH is 1. The molecule has 0 saturated carbocycles. The van der Waals surface area contributed by atoms with Crippen molar-refractivity contribution in [2.24, 2.45) is 5.73 Å². The Morgan fingerprint density at radius 2 is 1.68 bits per heavy atom. The maximum absolute atomic E-state index is 12.3. The zero-order chi connectivity index (χ0) is 25.6. The molecule has 7 N–H and O–H groups in total. The van der Waals surface area contributed by atoms with Gasteiger partial charge in [-0.2, -0.15) is 0 Å². The topological polar surface area (TPSA) is 175 Å². The molecule has 0 saturated heterocycles. The monoisotopic (exact) mass is 494 g/mol. The number of sulfone groups is 1. The third-order valence-electron chi connectivity index (χ3n) is 4.55. The van der Waals surface area contributed by atoms with Gasteiger partial charge in [0.15, 0.2) is 9.84 Å². The molecule has 2 aromatic carbocycles. The number of carboxylic acids is 1. The average Bonchev–Trinajstić information content (AvgIpc) is 2.80. The van der Waals surface area contributed by atoms with Crippen molar-refractivity contribution in [1.82, 2.24) is 5.32 Å². The molecule has 188 valence electrons. The molecular weight excluding hydrogens is 460 g/mol. The van der Waals surface area contributed by atoms with Crippen LogP contribution in [0.5, 0.6) is 5.75 Å². The van der Waals surface area contributed by atoms with Gasteiger partial charge in [0.2, 0.25) is 0 Å². The van der Waals surface area contributed by atoms with Crippen LogP contribution in [0.15, 0.2) is 53.4 Å². The molecule has 0 radical (unpaired) electrons. The maximum atomic E-state index is 12.3. The van der Waals surface area contributed by atoms with E-state index in [1.165, 1.54) is 7.11 Å². The summed E-state index contributed by atoms with van der Waals surface area (Å²) in [5, 5.41) is 31.1. The van der Waals surface area contributed by atoms with Gasteiger partial charge in [0, 0.05) is 31.3 Å². The molecule has 10 nitrogen and oxygen atoms in total. The number of carboxylic acid groups (broad SMARTS) is 1. The van der Waals surface area contributed by atoms with Gasteiger partial charge in [-0.3, -0.25) is 10.2 Å². The van der Waals surface area contributed by atoms with Crippen molar-refractivity contribution in [2.45, 2.75) is 30.8 Å². The Labute approximate surface area is 200 Å². The minimum Gasteiger partial charge on any atom is -0.497 e. The van der Waals surface area contributed by atoms with E-state index in [0.29, 0.717) is 48.7 Å². The van der Waals surface area contributed by atoms with Gasteiger partial charge in [-0.15, -0.1) is 0 Å². The van der Waals surface area contributed by atoms with Gasteiger partial charge >= 0.3 is 0 Å². The maximum Gasteiger partial charge on any atom is 0.300 e. The van der Waals surface area contributed by atoms with Crippen molar-refractivity contribution in [3.63, 3.8) is 0 Å². The highest BCUT2D eigenvalue weighted by Gasteiger charge is 2.14. The number of methoxy groups -OCH3 is 1. The van der Waals surface area contributed by atoms with Crippen LogP contribution in [0.25, 0.3) is 0 Å². The number of nitrogens with one attached hydrogen (secondary N) is 3. The van der Waals surface area contributed by atoms with E-state index in [1.807, 2.05) is 0 Å². The number of anilines is 1. The van der Waals surface area contributed by atoms with Gasteiger partial charge in [0.25, 0.3) is 5.97 Å². The van der Waals surface area contributed by atoms with Crippen LogP contribution in [-0.4, -0.2) is 69.0 Å².